The third-order valence-corrected chi connectivity index (χ3v) is 3.94. The summed E-state index contributed by atoms with van der Waals surface area (Å²) in [5, 5.41) is 3.35. The van der Waals surface area contributed by atoms with Gasteiger partial charge in [0.1, 0.15) is 5.75 Å². The molecule has 1 aromatic rings. The normalized spacial score (nSPS) is 17.0. The number of hydrogen-bond donors (Lipinski definition) is 1. The molecule has 1 aliphatic heterocycles. The van der Waals surface area contributed by atoms with Crippen LogP contribution in [0.1, 0.15) is 39.2 Å². The molecule has 1 saturated heterocycles. The van der Waals surface area contributed by atoms with Crippen LogP contribution in [-0.4, -0.2) is 42.6 Å². The monoisotopic (exact) mass is 340 g/mol. The van der Waals surface area contributed by atoms with Crippen LogP contribution in [0.5, 0.6) is 5.75 Å². The average molecular weight is 341 g/mol. The first kappa shape index (κ1) is 19.8. The summed E-state index contributed by atoms with van der Waals surface area (Å²) in [4.78, 5) is 14.8. The summed E-state index contributed by atoms with van der Waals surface area (Å²) in [6, 6.07) is 8.20. The van der Waals surface area contributed by atoms with E-state index in [1.54, 1.807) is 0 Å². The van der Waals surface area contributed by atoms with Crippen LogP contribution in [0.2, 0.25) is 0 Å². The third-order valence-electron chi connectivity index (χ3n) is 3.94. The number of ether oxygens (including phenoxy) is 1. The molecule has 1 aromatic carbocycles. The molecule has 130 valence electrons. The second kappa shape index (κ2) is 9.78. The van der Waals surface area contributed by atoms with Crippen molar-refractivity contribution in [3.63, 3.8) is 0 Å². The number of benzene rings is 1. The third kappa shape index (κ3) is 5.70. The SMILES string of the molecule is CCCN(C(=O)Cc1ccccc1OC(C)C)C1CCNC1.Cl. The standard InChI is InChI=1S/C18H28N2O2.ClH/c1-4-11-20(16-9-10-19-13-16)18(21)12-15-7-5-6-8-17(15)22-14(2)3;/h5-8,14,16,19H,4,9-13H2,1-3H3;1H. The highest BCUT2D eigenvalue weighted by atomic mass is 35.5. The van der Waals surface area contributed by atoms with Gasteiger partial charge in [0.05, 0.1) is 12.5 Å². The van der Waals surface area contributed by atoms with Crippen LogP contribution >= 0.6 is 12.4 Å². The number of amides is 1. The first-order chi connectivity index (χ1) is 10.6. The zero-order chi connectivity index (χ0) is 15.9. The van der Waals surface area contributed by atoms with E-state index in [-0.39, 0.29) is 24.4 Å². The van der Waals surface area contributed by atoms with Gasteiger partial charge in [-0.2, -0.15) is 0 Å². The highest BCUT2D eigenvalue weighted by Gasteiger charge is 2.26. The van der Waals surface area contributed by atoms with E-state index in [0.29, 0.717) is 12.5 Å². The van der Waals surface area contributed by atoms with E-state index in [4.69, 9.17) is 4.74 Å². The molecule has 1 unspecified atom stereocenters. The molecular formula is C18H29ClN2O2. The molecule has 0 saturated carbocycles. The Morgan fingerprint density at radius 2 is 2.13 bits per heavy atom. The lowest BCUT2D eigenvalue weighted by Crippen LogP contribution is -2.42. The summed E-state index contributed by atoms with van der Waals surface area (Å²) in [6.07, 6.45) is 2.57. The molecule has 1 heterocycles. The quantitative estimate of drug-likeness (QED) is 0.829. The van der Waals surface area contributed by atoms with Crippen molar-refractivity contribution in [1.29, 1.82) is 0 Å². The molecule has 0 spiro atoms. The first-order valence-corrected chi connectivity index (χ1v) is 8.36. The zero-order valence-corrected chi connectivity index (χ0v) is 15.2. The first-order valence-electron chi connectivity index (χ1n) is 8.36. The second-order valence-corrected chi connectivity index (χ2v) is 6.18. The van der Waals surface area contributed by atoms with Crippen molar-refractivity contribution >= 4 is 18.3 Å². The fourth-order valence-electron chi connectivity index (χ4n) is 2.94. The lowest BCUT2D eigenvalue weighted by atomic mass is 10.1. The molecule has 1 aliphatic rings. The van der Waals surface area contributed by atoms with Crippen LogP contribution in [0.25, 0.3) is 0 Å². The Balaban J connectivity index is 0.00000264. The molecule has 2 rings (SSSR count). The van der Waals surface area contributed by atoms with Crippen LogP contribution in [0, 0.1) is 0 Å². The van der Waals surface area contributed by atoms with Crippen LogP contribution in [0.3, 0.4) is 0 Å². The number of carbonyl (C=O) groups excluding carboxylic acids is 1. The van der Waals surface area contributed by atoms with Gasteiger partial charge in [-0.05, 0) is 39.3 Å². The maximum Gasteiger partial charge on any atom is 0.227 e. The fraction of sp³-hybridized carbons (Fsp3) is 0.611. The number of rotatable bonds is 7. The number of halogens is 1. The summed E-state index contributed by atoms with van der Waals surface area (Å²) < 4.78 is 5.83. The highest BCUT2D eigenvalue weighted by Crippen LogP contribution is 2.21. The van der Waals surface area contributed by atoms with Gasteiger partial charge in [-0.3, -0.25) is 4.79 Å². The molecule has 1 fully saturated rings. The number of carbonyl (C=O) groups is 1. The summed E-state index contributed by atoms with van der Waals surface area (Å²) in [6.45, 7) is 8.89. The molecule has 0 aliphatic carbocycles. The molecular weight excluding hydrogens is 312 g/mol. The number of hydrogen-bond acceptors (Lipinski definition) is 3. The van der Waals surface area contributed by atoms with Gasteiger partial charge in [0.15, 0.2) is 0 Å². The van der Waals surface area contributed by atoms with Crippen LogP contribution in [0.15, 0.2) is 24.3 Å². The largest absolute Gasteiger partial charge is 0.491 e. The van der Waals surface area contributed by atoms with Gasteiger partial charge in [-0.15, -0.1) is 12.4 Å². The average Bonchev–Trinajstić information content (AvgIpc) is 3.00. The van der Waals surface area contributed by atoms with E-state index >= 15 is 0 Å². The van der Waals surface area contributed by atoms with Crippen molar-refractivity contribution in [3.05, 3.63) is 29.8 Å². The van der Waals surface area contributed by atoms with Crippen molar-refractivity contribution in [2.24, 2.45) is 0 Å². The summed E-state index contributed by atoms with van der Waals surface area (Å²) >= 11 is 0. The Morgan fingerprint density at radius 3 is 2.74 bits per heavy atom. The second-order valence-electron chi connectivity index (χ2n) is 6.18. The van der Waals surface area contributed by atoms with Crippen LogP contribution in [-0.2, 0) is 11.2 Å². The minimum absolute atomic E-state index is 0. The Morgan fingerprint density at radius 1 is 1.39 bits per heavy atom. The minimum atomic E-state index is 0. The number of para-hydroxylation sites is 1. The maximum atomic E-state index is 12.8. The van der Waals surface area contributed by atoms with Crippen molar-refractivity contribution < 1.29 is 9.53 Å². The summed E-state index contributed by atoms with van der Waals surface area (Å²) in [5.41, 5.74) is 0.980. The molecule has 0 bridgehead atoms. The molecule has 0 radical (unpaired) electrons. The number of nitrogens with zero attached hydrogens (tertiary/aromatic N) is 1. The van der Waals surface area contributed by atoms with Gasteiger partial charge in [-0.25, -0.2) is 0 Å². The van der Waals surface area contributed by atoms with Gasteiger partial charge in [-0.1, -0.05) is 25.1 Å². The molecule has 1 N–H and O–H groups in total. The van der Waals surface area contributed by atoms with Gasteiger partial charge in [0.25, 0.3) is 0 Å². The molecule has 0 aromatic heterocycles. The van der Waals surface area contributed by atoms with Crippen molar-refractivity contribution in [1.82, 2.24) is 10.2 Å². The van der Waals surface area contributed by atoms with Crippen molar-refractivity contribution in [2.75, 3.05) is 19.6 Å². The van der Waals surface area contributed by atoms with Gasteiger partial charge in [0.2, 0.25) is 5.91 Å². The predicted octanol–water partition coefficient (Wildman–Crippen LogP) is 3.04. The van der Waals surface area contributed by atoms with E-state index in [2.05, 4.69) is 12.2 Å². The van der Waals surface area contributed by atoms with Crippen molar-refractivity contribution in [2.45, 2.75) is 52.2 Å². The Hall–Kier alpha value is -1.26. The van der Waals surface area contributed by atoms with Gasteiger partial charge < -0.3 is 15.0 Å². The van der Waals surface area contributed by atoms with E-state index in [0.717, 1.165) is 43.8 Å². The fourth-order valence-corrected chi connectivity index (χ4v) is 2.94. The van der Waals surface area contributed by atoms with E-state index in [1.165, 1.54) is 0 Å². The summed E-state index contributed by atoms with van der Waals surface area (Å²) in [5.74, 6) is 1.03. The highest BCUT2D eigenvalue weighted by molar-refractivity contribution is 5.85. The Bertz CT molecular complexity index is 488. The van der Waals surface area contributed by atoms with Crippen LogP contribution in [0.4, 0.5) is 0 Å². The Kier molecular flexibility index (Phi) is 8.42. The zero-order valence-electron chi connectivity index (χ0n) is 14.4. The van der Waals surface area contributed by atoms with Crippen LogP contribution < -0.4 is 10.1 Å². The van der Waals surface area contributed by atoms with Gasteiger partial charge >= 0.3 is 0 Å². The Labute approximate surface area is 146 Å². The molecule has 4 nitrogen and oxygen atoms in total. The number of nitrogens with one attached hydrogen (secondary N) is 1. The lowest BCUT2D eigenvalue weighted by molar-refractivity contribution is -0.132. The minimum Gasteiger partial charge on any atom is -0.491 e. The smallest absolute Gasteiger partial charge is 0.227 e. The molecule has 1 amide bonds. The van der Waals surface area contributed by atoms with E-state index in [9.17, 15) is 4.79 Å². The summed E-state index contributed by atoms with van der Waals surface area (Å²) in [7, 11) is 0. The molecule has 1 atom stereocenters. The topological polar surface area (TPSA) is 41.6 Å². The maximum absolute atomic E-state index is 12.8. The van der Waals surface area contributed by atoms with E-state index < -0.39 is 0 Å². The lowest BCUT2D eigenvalue weighted by Gasteiger charge is -2.28. The molecule has 5 heteroatoms. The van der Waals surface area contributed by atoms with Crippen molar-refractivity contribution in [3.8, 4) is 5.75 Å². The van der Waals surface area contributed by atoms with Gasteiger partial charge in [0, 0.05) is 24.7 Å². The predicted molar refractivity (Wildman–Crippen MR) is 96.4 cm³/mol. The van der Waals surface area contributed by atoms with E-state index in [1.807, 2.05) is 43.0 Å². The molecule has 23 heavy (non-hydrogen) atoms.